The quantitative estimate of drug-likeness (QED) is 0.336. The van der Waals surface area contributed by atoms with E-state index in [-0.39, 0.29) is 17.7 Å². The van der Waals surface area contributed by atoms with Crippen LogP contribution in [0.25, 0.3) is 33.1 Å². The van der Waals surface area contributed by atoms with Gasteiger partial charge in [0.15, 0.2) is 11.2 Å². The van der Waals surface area contributed by atoms with Crippen LogP contribution in [0.5, 0.6) is 5.75 Å². The maximum atomic E-state index is 12.5. The number of furan rings is 1. The van der Waals surface area contributed by atoms with E-state index in [1.807, 2.05) is 24.3 Å². The zero-order valence-corrected chi connectivity index (χ0v) is 16.2. The van der Waals surface area contributed by atoms with E-state index in [0.29, 0.717) is 11.3 Å². The minimum atomic E-state index is -0.572. The standard InChI is InChI=1S/C21H16N4O5/c1-23-19-18(20(27)24(2)21(23)28)25(11-22-19)10-17(26)29-12-7-8-16-14(9-12)13-5-3-4-6-15(13)30-16/h3-9,11H,10H2,1-2H3. The van der Waals surface area contributed by atoms with Crippen molar-refractivity contribution in [3.63, 3.8) is 0 Å². The van der Waals surface area contributed by atoms with Crippen molar-refractivity contribution < 1.29 is 13.9 Å². The van der Waals surface area contributed by atoms with Crippen LogP contribution in [0.15, 0.2) is 62.8 Å². The summed E-state index contributed by atoms with van der Waals surface area (Å²) in [4.78, 5) is 41.2. The Morgan fingerprint density at radius 3 is 2.63 bits per heavy atom. The van der Waals surface area contributed by atoms with Crippen molar-refractivity contribution >= 4 is 39.1 Å². The number of carbonyl (C=O) groups excluding carboxylic acids is 1. The van der Waals surface area contributed by atoms with Crippen molar-refractivity contribution in [2.24, 2.45) is 14.1 Å². The smallest absolute Gasteiger partial charge is 0.332 e. The van der Waals surface area contributed by atoms with Crippen LogP contribution in [0.2, 0.25) is 0 Å². The Balaban J connectivity index is 1.47. The Morgan fingerprint density at radius 1 is 1.03 bits per heavy atom. The van der Waals surface area contributed by atoms with Gasteiger partial charge in [0, 0.05) is 24.9 Å². The second-order valence-corrected chi connectivity index (χ2v) is 6.98. The number of aryl methyl sites for hydroxylation is 1. The molecule has 0 fully saturated rings. The van der Waals surface area contributed by atoms with Gasteiger partial charge in [0.1, 0.15) is 23.5 Å². The van der Waals surface area contributed by atoms with Gasteiger partial charge in [0.25, 0.3) is 5.56 Å². The van der Waals surface area contributed by atoms with Gasteiger partial charge in [-0.05, 0) is 24.3 Å². The van der Waals surface area contributed by atoms with Crippen LogP contribution in [-0.4, -0.2) is 24.7 Å². The van der Waals surface area contributed by atoms with Crippen molar-refractivity contribution in [1.29, 1.82) is 0 Å². The Morgan fingerprint density at radius 2 is 1.80 bits per heavy atom. The number of para-hydroxylation sites is 1. The average molecular weight is 404 g/mol. The predicted molar refractivity (Wildman–Crippen MR) is 110 cm³/mol. The third-order valence-electron chi connectivity index (χ3n) is 5.10. The van der Waals surface area contributed by atoms with Gasteiger partial charge >= 0.3 is 11.7 Å². The fourth-order valence-electron chi connectivity index (χ4n) is 3.59. The number of esters is 1. The molecular weight excluding hydrogens is 388 g/mol. The van der Waals surface area contributed by atoms with E-state index in [0.717, 1.165) is 20.9 Å². The lowest BCUT2D eigenvalue weighted by Crippen LogP contribution is -2.37. The van der Waals surface area contributed by atoms with Crippen LogP contribution >= 0.6 is 0 Å². The highest BCUT2D eigenvalue weighted by molar-refractivity contribution is 6.05. The summed E-state index contributed by atoms with van der Waals surface area (Å²) in [7, 11) is 2.90. The van der Waals surface area contributed by atoms with Gasteiger partial charge in [-0.3, -0.25) is 13.9 Å². The van der Waals surface area contributed by atoms with E-state index in [4.69, 9.17) is 9.15 Å². The fourth-order valence-corrected chi connectivity index (χ4v) is 3.59. The lowest BCUT2D eigenvalue weighted by atomic mass is 10.1. The van der Waals surface area contributed by atoms with Crippen molar-refractivity contribution in [3.05, 3.63) is 69.6 Å². The first-order valence-corrected chi connectivity index (χ1v) is 9.17. The normalized spacial score (nSPS) is 11.5. The zero-order chi connectivity index (χ0) is 21.0. The maximum Gasteiger partial charge on any atom is 0.332 e. The predicted octanol–water partition coefficient (Wildman–Crippen LogP) is 1.94. The number of imidazole rings is 1. The number of ether oxygens (including phenoxy) is 1. The number of aromatic nitrogens is 4. The van der Waals surface area contributed by atoms with Gasteiger partial charge in [0.05, 0.1) is 6.33 Å². The number of rotatable bonds is 3. The molecule has 0 amide bonds. The molecule has 5 rings (SSSR count). The Labute approximate surface area is 168 Å². The second-order valence-electron chi connectivity index (χ2n) is 6.98. The third-order valence-corrected chi connectivity index (χ3v) is 5.10. The van der Waals surface area contributed by atoms with E-state index in [1.165, 1.54) is 29.6 Å². The highest BCUT2D eigenvalue weighted by atomic mass is 16.5. The van der Waals surface area contributed by atoms with Crippen LogP contribution in [-0.2, 0) is 25.4 Å². The first-order valence-electron chi connectivity index (χ1n) is 9.17. The highest BCUT2D eigenvalue weighted by Gasteiger charge is 2.17. The summed E-state index contributed by atoms with van der Waals surface area (Å²) in [6.45, 7) is -0.228. The van der Waals surface area contributed by atoms with E-state index in [1.54, 1.807) is 18.2 Å². The largest absolute Gasteiger partial charge is 0.456 e. The average Bonchev–Trinajstić information content (AvgIpc) is 3.32. The van der Waals surface area contributed by atoms with Crippen LogP contribution in [0, 0.1) is 0 Å². The molecule has 3 heterocycles. The molecule has 0 spiro atoms. The minimum Gasteiger partial charge on any atom is -0.456 e. The number of hydrogen-bond acceptors (Lipinski definition) is 6. The molecule has 150 valence electrons. The monoisotopic (exact) mass is 404 g/mol. The minimum absolute atomic E-state index is 0.160. The molecule has 0 radical (unpaired) electrons. The summed E-state index contributed by atoms with van der Waals surface area (Å²) in [6.07, 6.45) is 1.35. The molecule has 0 aliphatic rings. The van der Waals surface area contributed by atoms with Crippen molar-refractivity contribution in [1.82, 2.24) is 18.7 Å². The van der Waals surface area contributed by atoms with Gasteiger partial charge in [0.2, 0.25) is 0 Å². The second kappa shape index (κ2) is 6.45. The molecule has 9 heteroatoms. The summed E-state index contributed by atoms with van der Waals surface area (Å²) in [6, 6.07) is 12.7. The molecule has 0 atom stereocenters. The summed E-state index contributed by atoms with van der Waals surface area (Å²) in [5.74, 6) is -0.207. The molecule has 2 aromatic carbocycles. The van der Waals surface area contributed by atoms with Crippen LogP contribution < -0.4 is 16.0 Å². The Kier molecular flexibility index (Phi) is 3.85. The third kappa shape index (κ3) is 2.63. The van der Waals surface area contributed by atoms with Crippen LogP contribution in [0.4, 0.5) is 0 Å². The molecule has 5 aromatic rings. The molecule has 0 N–H and O–H groups in total. The summed E-state index contributed by atoms with van der Waals surface area (Å²) >= 11 is 0. The van der Waals surface area contributed by atoms with Gasteiger partial charge in [-0.25, -0.2) is 14.6 Å². The first-order chi connectivity index (χ1) is 14.4. The van der Waals surface area contributed by atoms with Gasteiger partial charge in [-0.1, -0.05) is 18.2 Å². The maximum absolute atomic E-state index is 12.5. The van der Waals surface area contributed by atoms with E-state index < -0.39 is 17.2 Å². The van der Waals surface area contributed by atoms with Crippen LogP contribution in [0.1, 0.15) is 0 Å². The summed E-state index contributed by atoms with van der Waals surface area (Å²) in [5, 5.41) is 1.77. The topological polar surface area (TPSA) is 101 Å². The number of fused-ring (bicyclic) bond motifs is 4. The zero-order valence-electron chi connectivity index (χ0n) is 16.2. The number of hydrogen-bond donors (Lipinski definition) is 0. The molecule has 30 heavy (non-hydrogen) atoms. The molecule has 0 aliphatic carbocycles. The SMILES string of the molecule is Cn1c(=O)c2c(ncn2CC(=O)Oc2ccc3oc4ccccc4c3c2)n(C)c1=O. The van der Waals surface area contributed by atoms with E-state index in [9.17, 15) is 14.4 Å². The van der Waals surface area contributed by atoms with Crippen LogP contribution in [0.3, 0.4) is 0 Å². The fraction of sp³-hybridized carbons (Fsp3) is 0.143. The molecule has 9 nitrogen and oxygen atoms in total. The number of carbonyl (C=O) groups is 1. The van der Waals surface area contributed by atoms with Gasteiger partial charge in [-0.15, -0.1) is 0 Å². The van der Waals surface area contributed by atoms with Crippen molar-refractivity contribution in [3.8, 4) is 5.75 Å². The lowest BCUT2D eigenvalue weighted by Gasteiger charge is -2.07. The molecule has 0 aliphatic heterocycles. The van der Waals surface area contributed by atoms with Gasteiger partial charge < -0.3 is 13.7 Å². The lowest BCUT2D eigenvalue weighted by molar-refractivity contribution is -0.134. The van der Waals surface area contributed by atoms with Gasteiger partial charge in [-0.2, -0.15) is 0 Å². The summed E-state index contributed by atoms with van der Waals surface area (Å²) < 4.78 is 14.9. The Hall–Kier alpha value is -4.14. The molecule has 0 saturated heterocycles. The molecule has 0 bridgehead atoms. The molecular formula is C21H16N4O5. The molecule has 0 saturated carbocycles. The number of nitrogens with zero attached hydrogens (tertiary/aromatic N) is 4. The van der Waals surface area contributed by atoms with E-state index >= 15 is 0 Å². The Bertz CT molecular complexity index is 1580. The summed E-state index contributed by atoms with van der Waals surface area (Å²) in [5.41, 5.74) is 0.809. The van der Waals surface area contributed by atoms with Crippen molar-refractivity contribution in [2.75, 3.05) is 0 Å². The molecule has 0 unspecified atom stereocenters. The number of benzene rings is 2. The van der Waals surface area contributed by atoms with Crippen molar-refractivity contribution in [2.45, 2.75) is 6.54 Å². The van der Waals surface area contributed by atoms with E-state index in [2.05, 4.69) is 4.98 Å². The highest BCUT2D eigenvalue weighted by Crippen LogP contribution is 2.31. The molecule has 3 aromatic heterocycles. The first kappa shape index (κ1) is 17.9.